The molecule has 0 aromatic rings. The fourth-order valence-electron chi connectivity index (χ4n) is 3.27. The van der Waals surface area contributed by atoms with Gasteiger partial charge < -0.3 is 10.1 Å². The molecule has 122 valence electrons. The van der Waals surface area contributed by atoms with Gasteiger partial charge in [0.1, 0.15) is 5.60 Å². The Bertz CT molecular complexity index is 454. The summed E-state index contributed by atoms with van der Waals surface area (Å²) in [5, 5.41) is 2.89. The first-order valence-corrected chi connectivity index (χ1v) is 8.57. The van der Waals surface area contributed by atoms with Gasteiger partial charge in [-0.05, 0) is 51.0 Å². The number of alkyl carbamates (subject to hydrolysis) is 1. The summed E-state index contributed by atoms with van der Waals surface area (Å²) >= 11 is 0. The standard InChI is InChI=1S/C19H29NO2/c1-19(2,17-12-8-5-9-13-17)22-18(21)20-15-14-16-10-6-3-4-7-11-16/h3-4,6,10-11,17H,5,7-9,12-15H2,1-2H3,(H,20,21). The van der Waals surface area contributed by atoms with Gasteiger partial charge in [-0.15, -0.1) is 0 Å². The molecule has 2 aliphatic rings. The van der Waals surface area contributed by atoms with Gasteiger partial charge in [-0.25, -0.2) is 4.79 Å². The summed E-state index contributed by atoms with van der Waals surface area (Å²) in [5.74, 6) is 0.491. The number of hydrogen-bond donors (Lipinski definition) is 1. The van der Waals surface area contributed by atoms with Crippen LogP contribution in [-0.4, -0.2) is 18.2 Å². The van der Waals surface area contributed by atoms with E-state index in [0.29, 0.717) is 12.5 Å². The molecule has 3 nitrogen and oxygen atoms in total. The number of carbonyl (C=O) groups excluding carboxylic acids is 1. The van der Waals surface area contributed by atoms with Crippen molar-refractivity contribution in [3.05, 3.63) is 36.0 Å². The lowest BCUT2D eigenvalue weighted by Gasteiger charge is -2.36. The minimum absolute atomic E-state index is 0.285. The maximum Gasteiger partial charge on any atom is 0.407 e. The average Bonchev–Trinajstić information content (AvgIpc) is 2.76. The monoisotopic (exact) mass is 303 g/mol. The fraction of sp³-hybridized carbons (Fsp3) is 0.632. The minimum atomic E-state index is -0.365. The summed E-state index contributed by atoms with van der Waals surface area (Å²) in [7, 11) is 0. The molecule has 2 aliphatic carbocycles. The topological polar surface area (TPSA) is 38.3 Å². The van der Waals surface area contributed by atoms with Crippen LogP contribution in [0.3, 0.4) is 0 Å². The molecule has 22 heavy (non-hydrogen) atoms. The number of allylic oxidation sites excluding steroid dienone is 5. The lowest BCUT2D eigenvalue weighted by molar-refractivity contribution is -0.0183. The van der Waals surface area contributed by atoms with E-state index in [1.165, 1.54) is 37.7 Å². The van der Waals surface area contributed by atoms with Crippen molar-refractivity contribution in [2.24, 2.45) is 5.92 Å². The van der Waals surface area contributed by atoms with Crippen molar-refractivity contribution >= 4 is 6.09 Å². The van der Waals surface area contributed by atoms with Crippen LogP contribution in [0, 0.1) is 5.92 Å². The van der Waals surface area contributed by atoms with Gasteiger partial charge in [-0.2, -0.15) is 0 Å². The number of hydrogen-bond acceptors (Lipinski definition) is 2. The van der Waals surface area contributed by atoms with E-state index in [1.54, 1.807) is 0 Å². The third-order valence-electron chi connectivity index (χ3n) is 4.70. The van der Waals surface area contributed by atoms with Crippen molar-refractivity contribution < 1.29 is 9.53 Å². The van der Waals surface area contributed by atoms with Gasteiger partial charge >= 0.3 is 6.09 Å². The summed E-state index contributed by atoms with van der Waals surface area (Å²) in [6.07, 6.45) is 18.2. The maximum atomic E-state index is 12.0. The van der Waals surface area contributed by atoms with Crippen LogP contribution in [-0.2, 0) is 4.74 Å². The quantitative estimate of drug-likeness (QED) is 0.784. The van der Waals surface area contributed by atoms with Gasteiger partial charge in [0, 0.05) is 6.54 Å². The van der Waals surface area contributed by atoms with Gasteiger partial charge in [0.25, 0.3) is 0 Å². The predicted octanol–water partition coefficient (Wildman–Crippen LogP) is 4.90. The van der Waals surface area contributed by atoms with Crippen LogP contribution in [0.5, 0.6) is 0 Å². The van der Waals surface area contributed by atoms with Crippen LogP contribution in [0.1, 0.15) is 58.8 Å². The number of carbonyl (C=O) groups is 1. The zero-order valence-electron chi connectivity index (χ0n) is 13.9. The molecule has 0 spiro atoms. The Morgan fingerprint density at radius 2 is 2.05 bits per heavy atom. The second-order valence-electron chi connectivity index (χ2n) is 6.81. The molecular weight excluding hydrogens is 274 g/mol. The average molecular weight is 303 g/mol. The van der Waals surface area contributed by atoms with E-state index >= 15 is 0 Å². The maximum absolute atomic E-state index is 12.0. The number of ether oxygens (including phenoxy) is 1. The molecule has 0 unspecified atom stereocenters. The Morgan fingerprint density at radius 3 is 2.82 bits per heavy atom. The largest absolute Gasteiger partial charge is 0.443 e. The molecule has 1 saturated carbocycles. The van der Waals surface area contributed by atoms with E-state index in [1.807, 2.05) is 19.9 Å². The van der Waals surface area contributed by atoms with Crippen molar-refractivity contribution in [1.82, 2.24) is 5.32 Å². The molecule has 0 aromatic carbocycles. The molecule has 0 atom stereocenters. The third-order valence-corrected chi connectivity index (χ3v) is 4.70. The molecule has 0 aromatic heterocycles. The highest BCUT2D eigenvalue weighted by atomic mass is 16.6. The smallest absolute Gasteiger partial charge is 0.407 e. The Hall–Kier alpha value is -1.51. The number of nitrogens with one attached hydrogen (secondary N) is 1. The lowest BCUT2D eigenvalue weighted by Crippen LogP contribution is -2.41. The summed E-state index contributed by atoms with van der Waals surface area (Å²) in [5.41, 5.74) is 0.896. The van der Waals surface area contributed by atoms with Gasteiger partial charge in [0.15, 0.2) is 0 Å². The molecule has 1 N–H and O–H groups in total. The van der Waals surface area contributed by atoms with Crippen LogP contribution in [0.2, 0.25) is 0 Å². The summed E-state index contributed by atoms with van der Waals surface area (Å²) in [4.78, 5) is 12.0. The first kappa shape index (κ1) is 16.9. The van der Waals surface area contributed by atoms with Crippen LogP contribution < -0.4 is 5.32 Å². The normalized spacial score (nSPS) is 19.5. The van der Waals surface area contributed by atoms with E-state index in [9.17, 15) is 4.79 Å². The predicted molar refractivity (Wildman–Crippen MR) is 90.7 cm³/mol. The molecule has 1 fully saturated rings. The highest BCUT2D eigenvalue weighted by Gasteiger charge is 2.33. The second kappa shape index (κ2) is 8.21. The Kier molecular flexibility index (Phi) is 6.29. The molecule has 3 heteroatoms. The van der Waals surface area contributed by atoms with Gasteiger partial charge in [-0.1, -0.05) is 49.6 Å². The molecule has 0 radical (unpaired) electrons. The first-order chi connectivity index (χ1) is 10.6. The van der Waals surface area contributed by atoms with Crippen LogP contribution in [0.15, 0.2) is 36.0 Å². The zero-order valence-corrected chi connectivity index (χ0v) is 13.9. The van der Waals surface area contributed by atoms with Crippen LogP contribution in [0.4, 0.5) is 4.79 Å². The lowest BCUT2D eigenvalue weighted by atomic mass is 9.79. The second-order valence-corrected chi connectivity index (χ2v) is 6.81. The van der Waals surface area contributed by atoms with Gasteiger partial charge in [0.05, 0.1) is 0 Å². The molecule has 0 heterocycles. The van der Waals surface area contributed by atoms with Crippen molar-refractivity contribution in [1.29, 1.82) is 0 Å². The van der Waals surface area contributed by atoms with Crippen LogP contribution >= 0.6 is 0 Å². The molecule has 0 aliphatic heterocycles. The highest BCUT2D eigenvalue weighted by Crippen LogP contribution is 2.34. The van der Waals surface area contributed by atoms with Gasteiger partial charge in [0.2, 0.25) is 0 Å². The molecular formula is C19H29NO2. The fourth-order valence-corrected chi connectivity index (χ4v) is 3.27. The van der Waals surface area contributed by atoms with E-state index < -0.39 is 0 Å². The molecule has 2 rings (SSSR count). The van der Waals surface area contributed by atoms with E-state index in [-0.39, 0.29) is 11.7 Å². The minimum Gasteiger partial charge on any atom is -0.443 e. The van der Waals surface area contributed by atoms with Crippen molar-refractivity contribution in [2.75, 3.05) is 6.54 Å². The van der Waals surface area contributed by atoms with E-state index in [2.05, 4.69) is 29.6 Å². The van der Waals surface area contributed by atoms with E-state index in [4.69, 9.17) is 4.74 Å². The van der Waals surface area contributed by atoms with Crippen molar-refractivity contribution in [3.63, 3.8) is 0 Å². The zero-order chi connectivity index (χ0) is 15.8. The first-order valence-electron chi connectivity index (χ1n) is 8.57. The highest BCUT2D eigenvalue weighted by molar-refractivity contribution is 5.67. The van der Waals surface area contributed by atoms with Crippen LogP contribution in [0.25, 0.3) is 0 Å². The molecule has 0 bridgehead atoms. The Labute approximate surface area is 134 Å². The summed E-state index contributed by atoms with van der Waals surface area (Å²) in [6.45, 7) is 4.71. The Morgan fingerprint density at radius 1 is 1.27 bits per heavy atom. The number of amides is 1. The van der Waals surface area contributed by atoms with E-state index in [0.717, 1.165) is 12.8 Å². The van der Waals surface area contributed by atoms with Crippen molar-refractivity contribution in [2.45, 2.75) is 64.4 Å². The summed E-state index contributed by atoms with van der Waals surface area (Å²) < 4.78 is 5.69. The summed E-state index contributed by atoms with van der Waals surface area (Å²) in [6, 6.07) is 0. The number of rotatable bonds is 5. The van der Waals surface area contributed by atoms with Gasteiger partial charge in [-0.3, -0.25) is 0 Å². The molecule has 0 saturated heterocycles. The van der Waals surface area contributed by atoms with Crippen molar-refractivity contribution in [3.8, 4) is 0 Å². The SMILES string of the molecule is CC(C)(OC(=O)NCCC1=CCC=CC=C1)C1CCCCC1. The molecule has 1 amide bonds. The Balaban J connectivity index is 1.71. The third kappa shape index (κ3) is 5.36.